The lowest BCUT2D eigenvalue weighted by atomic mass is 10.0. The Morgan fingerprint density at radius 3 is 3.06 bits per heavy atom. The van der Waals surface area contributed by atoms with Crippen LogP contribution in [0.3, 0.4) is 0 Å². The van der Waals surface area contributed by atoms with Crippen molar-refractivity contribution in [3.8, 4) is 11.4 Å². The summed E-state index contributed by atoms with van der Waals surface area (Å²) in [5, 5.41) is 12.9. The number of carboxylic acids is 1. The van der Waals surface area contributed by atoms with Crippen molar-refractivity contribution >= 4 is 5.97 Å². The fourth-order valence-corrected chi connectivity index (χ4v) is 2.14. The van der Waals surface area contributed by atoms with Gasteiger partial charge in [-0.3, -0.25) is 4.79 Å². The minimum Gasteiger partial charge on any atom is -0.481 e. The van der Waals surface area contributed by atoms with Crippen molar-refractivity contribution in [2.45, 2.75) is 19.4 Å². The van der Waals surface area contributed by atoms with E-state index in [-0.39, 0.29) is 6.42 Å². The molecular weight excluding hydrogens is 218 g/mol. The Balaban J connectivity index is 2.07. The fourth-order valence-electron chi connectivity index (χ4n) is 2.14. The Bertz CT molecular complexity index is 589. The number of rotatable bonds is 2. The number of aromatic nitrogens is 3. The summed E-state index contributed by atoms with van der Waals surface area (Å²) in [6, 6.07) is 8.03. The lowest BCUT2D eigenvalue weighted by molar-refractivity contribution is -0.136. The summed E-state index contributed by atoms with van der Waals surface area (Å²) in [4.78, 5) is 14.9. The second kappa shape index (κ2) is 3.69. The van der Waals surface area contributed by atoms with E-state index in [2.05, 4.69) is 16.1 Å². The van der Waals surface area contributed by atoms with E-state index in [0.717, 1.165) is 24.4 Å². The molecule has 0 atom stereocenters. The molecule has 0 saturated carbocycles. The van der Waals surface area contributed by atoms with Crippen LogP contribution in [0.1, 0.15) is 11.4 Å². The van der Waals surface area contributed by atoms with E-state index in [1.54, 1.807) is 4.68 Å². The monoisotopic (exact) mass is 229 g/mol. The average Bonchev–Trinajstić information content (AvgIpc) is 2.70. The maximum Gasteiger partial charge on any atom is 0.311 e. The highest BCUT2D eigenvalue weighted by Crippen LogP contribution is 2.27. The standard InChI is InChI=1S/C12H11N3O2/c16-11(17)7-10-13-12-9-4-2-1-3-8(9)5-6-15(12)14-10/h1-4H,5-7H2,(H,16,17). The minimum absolute atomic E-state index is 0.123. The Morgan fingerprint density at radius 2 is 2.24 bits per heavy atom. The van der Waals surface area contributed by atoms with Gasteiger partial charge in [-0.2, -0.15) is 5.10 Å². The van der Waals surface area contributed by atoms with E-state index in [0.29, 0.717) is 5.82 Å². The lowest BCUT2D eigenvalue weighted by Gasteiger charge is -2.15. The average molecular weight is 229 g/mol. The molecule has 17 heavy (non-hydrogen) atoms. The van der Waals surface area contributed by atoms with Gasteiger partial charge in [-0.15, -0.1) is 0 Å². The van der Waals surface area contributed by atoms with Crippen LogP contribution in [0.2, 0.25) is 0 Å². The number of fused-ring (bicyclic) bond motifs is 3. The predicted molar refractivity (Wildman–Crippen MR) is 60.5 cm³/mol. The number of carboxylic acid groups (broad SMARTS) is 1. The van der Waals surface area contributed by atoms with Gasteiger partial charge >= 0.3 is 5.97 Å². The highest BCUT2D eigenvalue weighted by atomic mass is 16.4. The summed E-state index contributed by atoms with van der Waals surface area (Å²) >= 11 is 0. The maximum absolute atomic E-state index is 10.6. The van der Waals surface area contributed by atoms with Crippen LogP contribution in [0, 0.1) is 0 Å². The summed E-state index contributed by atoms with van der Waals surface area (Å²) in [5.74, 6) is 0.258. The zero-order valence-electron chi connectivity index (χ0n) is 9.13. The first-order valence-corrected chi connectivity index (χ1v) is 5.48. The number of aliphatic carboxylic acids is 1. The summed E-state index contributed by atoms with van der Waals surface area (Å²) in [6.07, 6.45) is 0.793. The number of aryl methyl sites for hydroxylation is 2. The van der Waals surface area contributed by atoms with Gasteiger partial charge in [0.15, 0.2) is 11.6 Å². The molecule has 5 heteroatoms. The summed E-state index contributed by atoms with van der Waals surface area (Å²) in [5.41, 5.74) is 2.30. The van der Waals surface area contributed by atoms with Crippen LogP contribution in [0.4, 0.5) is 0 Å². The van der Waals surface area contributed by atoms with E-state index in [1.165, 1.54) is 5.56 Å². The maximum atomic E-state index is 10.6. The van der Waals surface area contributed by atoms with Crippen molar-refractivity contribution in [2.75, 3.05) is 0 Å². The van der Waals surface area contributed by atoms with Crippen molar-refractivity contribution in [1.29, 1.82) is 0 Å². The summed E-state index contributed by atoms with van der Waals surface area (Å²) in [7, 11) is 0. The molecule has 2 aromatic rings. The van der Waals surface area contributed by atoms with E-state index in [4.69, 9.17) is 5.11 Å². The topological polar surface area (TPSA) is 68.0 Å². The molecular formula is C12H11N3O2. The van der Waals surface area contributed by atoms with Crippen LogP contribution in [0.15, 0.2) is 24.3 Å². The summed E-state index contributed by atoms with van der Waals surface area (Å²) < 4.78 is 1.79. The highest BCUT2D eigenvalue weighted by Gasteiger charge is 2.20. The highest BCUT2D eigenvalue weighted by molar-refractivity contribution is 5.69. The Labute approximate surface area is 97.7 Å². The smallest absolute Gasteiger partial charge is 0.311 e. The van der Waals surface area contributed by atoms with Crippen LogP contribution in [0.25, 0.3) is 11.4 Å². The zero-order chi connectivity index (χ0) is 11.8. The van der Waals surface area contributed by atoms with Gasteiger partial charge in [-0.05, 0) is 12.0 Å². The Morgan fingerprint density at radius 1 is 1.41 bits per heavy atom. The first-order chi connectivity index (χ1) is 8.24. The van der Waals surface area contributed by atoms with Gasteiger partial charge in [0.05, 0.1) is 0 Å². The molecule has 1 aliphatic rings. The molecule has 86 valence electrons. The molecule has 0 amide bonds. The van der Waals surface area contributed by atoms with E-state index in [9.17, 15) is 4.79 Å². The molecule has 0 bridgehead atoms. The van der Waals surface area contributed by atoms with Crippen molar-refractivity contribution in [2.24, 2.45) is 0 Å². The lowest BCUT2D eigenvalue weighted by Crippen LogP contribution is -2.12. The largest absolute Gasteiger partial charge is 0.481 e. The second-order valence-corrected chi connectivity index (χ2v) is 4.05. The van der Waals surface area contributed by atoms with Gasteiger partial charge in [-0.25, -0.2) is 9.67 Å². The van der Waals surface area contributed by atoms with E-state index >= 15 is 0 Å². The van der Waals surface area contributed by atoms with Crippen molar-refractivity contribution in [1.82, 2.24) is 14.8 Å². The quantitative estimate of drug-likeness (QED) is 0.838. The third kappa shape index (κ3) is 1.69. The number of benzene rings is 1. The number of hydrogen-bond acceptors (Lipinski definition) is 3. The van der Waals surface area contributed by atoms with Crippen molar-refractivity contribution in [3.63, 3.8) is 0 Å². The third-order valence-corrected chi connectivity index (χ3v) is 2.88. The molecule has 0 unspecified atom stereocenters. The van der Waals surface area contributed by atoms with Crippen LogP contribution in [0.5, 0.6) is 0 Å². The molecule has 0 spiro atoms. The molecule has 1 aromatic carbocycles. The minimum atomic E-state index is -0.902. The van der Waals surface area contributed by atoms with Gasteiger partial charge in [0.25, 0.3) is 0 Å². The molecule has 2 heterocycles. The molecule has 0 fully saturated rings. The summed E-state index contributed by atoms with van der Waals surface area (Å²) in [6.45, 7) is 0.763. The van der Waals surface area contributed by atoms with Gasteiger partial charge in [0, 0.05) is 12.1 Å². The zero-order valence-corrected chi connectivity index (χ0v) is 9.13. The molecule has 5 nitrogen and oxygen atoms in total. The third-order valence-electron chi connectivity index (χ3n) is 2.88. The fraction of sp³-hybridized carbons (Fsp3) is 0.250. The molecule has 0 radical (unpaired) electrons. The van der Waals surface area contributed by atoms with Gasteiger partial charge in [-0.1, -0.05) is 24.3 Å². The molecule has 0 saturated heterocycles. The number of hydrogen-bond donors (Lipinski definition) is 1. The Hall–Kier alpha value is -2.17. The molecule has 3 rings (SSSR count). The van der Waals surface area contributed by atoms with E-state index < -0.39 is 5.97 Å². The molecule has 0 aliphatic carbocycles. The van der Waals surface area contributed by atoms with Crippen molar-refractivity contribution < 1.29 is 9.90 Å². The number of carbonyl (C=O) groups is 1. The van der Waals surface area contributed by atoms with E-state index in [1.807, 2.05) is 18.2 Å². The normalized spacial score (nSPS) is 12.9. The van der Waals surface area contributed by atoms with Gasteiger partial charge in [0.2, 0.25) is 0 Å². The Kier molecular flexibility index (Phi) is 2.18. The molecule has 1 N–H and O–H groups in total. The van der Waals surface area contributed by atoms with Crippen LogP contribution in [-0.4, -0.2) is 25.8 Å². The predicted octanol–water partition coefficient (Wildman–Crippen LogP) is 1.13. The van der Waals surface area contributed by atoms with Crippen LogP contribution < -0.4 is 0 Å². The molecule has 1 aliphatic heterocycles. The van der Waals surface area contributed by atoms with Gasteiger partial charge in [0.1, 0.15) is 6.42 Å². The number of nitrogens with zero attached hydrogens (tertiary/aromatic N) is 3. The van der Waals surface area contributed by atoms with Crippen LogP contribution >= 0.6 is 0 Å². The first-order valence-electron chi connectivity index (χ1n) is 5.48. The second-order valence-electron chi connectivity index (χ2n) is 4.05. The van der Waals surface area contributed by atoms with Crippen molar-refractivity contribution in [3.05, 3.63) is 35.7 Å². The molecule has 1 aromatic heterocycles. The first kappa shape index (κ1) is 10.0. The SMILES string of the molecule is O=C(O)Cc1nc2n(n1)CCc1ccccc1-2. The van der Waals surface area contributed by atoms with Gasteiger partial charge < -0.3 is 5.11 Å². The van der Waals surface area contributed by atoms with Crippen LogP contribution in [-0.2, 0) is 24.2 Å².